The first-order chi connectivity index (χ1) is 15.8. The summed E-state index contributed by atoms with van der Waals surface area (Å²) in [6, 6.07) is 32.1. The zero-order valence-corrected chi connectivity index (χ0v) is 17.3. The Morgan fingerprint density at radius 3 is 2.34 bits per heavy atom. The molecule has 3 aromatic carbocycles. The topological polar surface area (TPSA) is 58.8 Å². The summed E-state index contributed by atoms with van der Waals surface area (Å²) < 4.78 is 6.12. The van der Waals surface area contributed by atoms with Crippen LogP contribution in [0.25, 0.3) is 33.2 Å². The molecule has 5 aromatic rings. The Labute approximate surface area is 186 Å². The van der Waals surface area contributed by atoms with Gasteiger partial charge in [0.1, 0.15) is 24.0 Å². The van der Waals surface area contributed by atoms with Crippen LogP contribution in [0.3, 0.4) is 0 Å². The lowest BCUT2D eigenvalue weighted by Gasteiger charge is -2.16. The molecule has 0 aliphatic heterocycles. The standard InChI is InChI=1S/C28H19N3O/c29-18-25-27(32-19-23-11-10-21-8-4-5-9-26(21)31-23)13-12-24(20-6-2-1-3-7-20)28(25)22-14-16-30-17-15-22/h1-17H,19H2. The Kier molecular flexibility index (Phi) is 5.30. The van der Waals surface area contributed by atoms with Crippen LogP contribution in [0.1, 0.15) is 11.3 Å². The van der Waals surface area contributed by atoms with E-state index in [4.69, 9.17) is 4.74 Å². The highest BCUT2D eigenvalue weighted by Crippen LogP contribution is 2.39. The minimum Gasteiger partial charge on any atom is -0.486 e. The second-order valence-corrected chi connectivity index (χ2v) is 7.36. The van der Waals surface area contributed by atoms with Gasteiger partial charge in [0.2, 0.25) is 0 Å². The van der Waals surface area contributed by atoms with Crippen LogP contribution in [0.4, 0.5) is 0 Å². The zero-order valence-electron chi connectivity index (χ0n) is 17.3. The first-order valence-electron chi connectivity index (χ1n) is 10.3. The number of nitriles is 1. The SMILES string of the molecule is N#Cc1c(OCc2ccc3ccccc3n2)ccc(-c2ccccc2)c1-c1ccncc1. The molecule has 0 N–H and O–H groups in total. The summed E-state index contributed by atoms with van der Waals surface area (Å²) >= 11 is 0. The molecule has 0 saturated carbocycles. The summed E-state index contributed by atoms with van der Waals surface area (Å²) in [5.74, 6) is 0.536. The second-order valence-electron chi connectivity index (χ2n) is 7.36. The Bertz CT molecular complexity index is 1420. The molecule has 0 amide bonds. The molecule has 4 nitrogen and oxygen atoms in total. The van der Waals surface area contributed by atoms with Gasteiger partial charge in [-0.1, -0.05) is 54.6 Å². The van der Waals surface area contributed by atoms with Crippen molar-refractivity contribution in [3.63, 3.8) is 0 Å². The average Bonchev–Trinajstić information content (AvgIpc) is 2.87. The van der Waals surface area contributed by atoms with Crippen molar-refractivity contribution in [1.29, 1.82) is 5.26 Å². The van der Waals surface area contributed by atoms with Gasteiger partial charge >= 0.3 is 0 Å². The fraction of sp³-hybridized carbons (Fsp3) is 0.0357. The molecule has 4 heteroatoms. The lowest BCUT2D eigenvalue weighted by atomic mass is 9.91. The maximum Gasteiger partial charge on any atom is 0.138 e. The third-order valence-corrected chi connectivity index (χ3v) is 5.36. The molecular weight excluding hydrogens is 394 g/mol. The summed E-state index contributed by atoms with van der Waals surface area (Å²) in [7, 11) is 0. The van der Waals surface area contributed by atoms with Crippen LogP contribution < -0.4 is 4.74 Å². The number of rotatable bonds is 5. The highest BCUT2D eigenvalue weighted by atomic mass is 16.5. The number of para-hydroxylation sites is 1. The minimum atomic E-state index is 0.278. The molecule has 0 fully saturated rings. The smallest absolute Gasteiger partial charge is 0.138 e. The van der Waals surface area contributed by atoms with Gasteiger partial charge in [-0.2, -0.15) is 5.26 Å². The van der Waals surface area contributed by atoms with Gasteiger partial charge in [0, 0.05) is 23.3 Å². The number of nitrogens with zero attached hydrogens (tertiary/aromatic N) is 3. The van der Waals surface area contributed by atoms with E-state index in [0.29, 0.717) is 11.3 Å². The molecule has 0 aliphatic carbocycles. The van der Waals surface area contributed by atoms with Crippen molar-refractivity contribution in [2.45, 2.75) is 6.61 Å². The van der Waals surface area contributed by atoms with Crippen LogP contribution in [0.15, 0.2) is 103 Å². The van der Waals surface area contributed by atoms with Gasteiger partial charge in [-0.15, -0.1) is 0 Å². The largest absolute Gasteiger partial charge is 0.486 e. The van der Waals surface area contributed by atoms with E-state index in [1.807, 2.05) is 91.0 Å². The van der Waals surface area contributed by atoms with Crippen molar-refractivity contribution in [1.82, 2.24) is 9.97 Å². The zero-order chi connectivity index (χ0) is 21.8. The number of aromatic nitrogens is 2. The first-order valence-corrected chi connectivity index (χ1v) is 10.3. The maximum absolute atomic E-state index is 10.1. The summed E-state index contributed by atoms with van der Waals surface area (Å²) in [6.45, 7) is 0.278. The van der Waals surface area contributed by atoms with Crippen molar-refractivity contribution in [2.75, 3.05) is 0 Å². The van der Waals surface area contributed by atoms with E-state index in [-0.39, 0.29) is 6.61 Å². The average molecular weight is 413 g/mol. The molecule has 152 valence electrons. The molecule has 2 aromatic heterocycles. The molecule has 0 unspecified atom stereocenters. The molecule has 0 aliphatic rings. The molecule has 0 saturated heterocycles. The highest BCUT2D eigenvalue weighted by Gasteiger charge is 2.17. The monoisotopic (exact) mass is 413 g/mol. The van der Waals surface area contributed by atoms with Gasteiger partial charge in [0.05, 0.1) is 11.2 Å². The molecule has 32 heavy (non-hydrogen) atoms. The van der Waals surface area contributed by atoms with Gasteiger partial charge in [-0.05, 0) is 53.1 Å². The minimum absolute atomic E-state index is 0.278. The van der Waals surface area contributed by atoms with Crippen LogP contribution in [0.5, 0.6) is 5.75 Å². The van der Waals surface area contributed by atoms with Crippen molar-refractivity contribution < 1.29 is 4.74 Å². The maximum atomic E-state index is 10.1. The van der Waals surface area contributed by atoms with E-state index in [0.717, 1.165) is 38.9 Å². The van der Waals surface area contributed by atoms with Gasteiger partial charge in [0.15, 0.2) is 0 Å². The van der Waals surface area contributed by atoms with Crippen molar-refractivity contribution in [3.05, 3.63) is 115 Å². The Morgan fingerprint density at radius 1 is 0.750 bits per heavy atom. The highest BCUT2D eigenvalue weighted by molar-refractivity contribution is 5.89. The van der Waals surface area contributed by atoms with Gasteiger partial charge in [-0.25, -0.2) is 4.98 Å². The van der Waals surface area contributed by atoms with Crippen molar-refractivity contribution in [2.24, 2.45) is 0 Å². The predicted molar refractivity (Wildman–Crippen MR) is 126 cm³/mol. The third-order valence-electron chi connectivity index (χ3n) is 5.36. The molecule has 2 heterocycles. The fourth-order valence-electron chi connectivity index (χ4n) is 3.83. The molecule has 5 rings (SSSR count). The van der Waals surface area contributed by atoms with Gasteiger partial charge in [-0.3, -0.25) is 4.98 Å². The molecule has 0 radical (unpaired) electrons. The molecule has 0 atom stereocenters. The van der Waals surface area contributed by atoms with Crippen molar-refractivity contribution in [3.8, 4) is 34.1 Å². The van der Waals surface area contributed by atoms with Gasteiger partial charge in [0.25, 0.3) is 0 Å². The van der Waals surface area contributed by atoms with E-state index in [1.54, 1.807) is 12.4 Å². The van der Waals surface area contributed by atoms with Gasteiger partial charge < -0.3 is 4.74 Å². The van der Waals surface area contributed by atoms with E-state index in [1.165, 1.54) is 0 Å². The Morgan fingerprint density at radius 2 is 1.53 bits per heavy atom. The lowest BCUT2D eigenvalue weighted by Crippen LogP contribution is -2.01. The summed E-state index contributed by atoms with van der Waals surface area (Å²) in [5, 5.41) is 11.2. The van der Waals surface area contributed by atoms with E-state index < -0.39 is 0 Å². The predicted octanol–water partition coefficient (Wildman–Crippen LogP) is 6.41. The molecule has 0 spiro atoms. The van der Waals surface area contributed by atoms with Crippen LogP contribution in [0.2, 0.25) is 0 Å². The van der Waals surface area contributed by atoms with E-state index >= 15 is 0 Å². The number of hydrogen-bond acceptors (Lipinski definition) is 4. The fourth-order valence-corrected chi connectivity index (χ4v) is 3.83. The number of benzene rings is 3. The normalized spacial score (nSPS) is 10.6. The van der Waals surface area contributed by atoms with Crippen LogP contribution in [0, 0.1) is 11.3 Å². The number of hydrogen-bond donors (Lipinski definition) is 0. The Hall–Kier alpha value is -4.49. The first kappa shape index (κ1) is 19.5. The molecule has 0 bridgehead atoms. The van der Waals surface area contributed by atoms with Crippen molar-refractivity contribution >= 4 is 10.9 Å². The summed E-state index contributed by atoms with van der Waals surface area (Å²) in [4.78, 5) is 8.80. The third kappa shape index (κ3) is 3.80. The number of fused-ring (bicyclic) bond motifs is 1. The number of ether oxygens (including phenoxy) is 1. The van der Waals surface area contributed by atoms with Crippen LogP contribution in [-0.2, 0) is 6.61 Å². The summed E-state index contributed by atoms with van der Waals surface area (Å²) in [6.07, 6.45) is 3.47. The number of pyridine rings is 2. The van der Waals surface area contributed by atoms with Crippen LogP contribution >= 0.6 is 0 Å². The van der Waals surface area contributed by atoms with E-state index in [9.17, 15) is 5.26 Å². The lowest BCUT2D eigenvalue weighted by molar-refractivity contribution is 0.301. The van der Waals surface area contributed by atoms with E-state index in [2.05, 4.69) is 16.0 Å². The second kappa shape index (κ2) is 8.71. The van der Waals surface area contributed by atoms with Crippen LogP contribution in [-0.4, -0.2) is 9.97 Å². The quantitative estimate of drug-likeness (QED) is 0.334. The Balaban J connectivity index is 1.56. The summed E-state index contributed by atoms with van der Waals surface area (Å²) in [5.41, 5.74) is 6.01. The molecular formula is C28H19N3O.